The van der Waals surface area contributed by atoms with E-state index in [1.165, 1.54) is 13.0 Å². The molecular weight excluding hydrogens is 376 g/mol. The molecule has 1 N–H and O–H groups in total. The van der Waals surface area contributed by atoms with Crippen LogP contribution in [0, 0.1) is 5.92 Å². The van der Waals surface area contributed by atoms with Crippen LogP contribution in [-0.4, -0.2) is 47.9 Å². The van der Waals surface area contributed by atoms with Crippen molar-refractivity contribution in [1.29, 1.82) is 0 Å². The van der Waals surface area contributed by atoms with Crippen molar-refractivity contribution in [3.63, 3.8) is 0 Å². The number of aliphatic hydroxyl groups excluding tert-OH is 1. The Kier molecular flexibility index (Phi) is 7.56. The Labute approximate surface area is 170 Å². The standard InChI is InChI=1S/C22H28O7/c1-12-6-7-17(27-16(5)24)14(3)10-19-21(15(4)22(26)29-19)18(8-12)28-20(25)9-13(2)11-23/h6,9-10,17-19,21,23H,4,7-8,11H2,1-3,5H3. The largest absolute Gasteiger partial charge is 0.458 e. The summed E-state index contributed by atoms with van der Waals surface area (Å²) in [6, 6.07) is 0. The average molecular weight is 404 g/mol. The van der Waals surface area contributed by atoms with Gasteiger partial charge < -0.3 is 19.3 Å². The van der Waals surface area contributed by atoms with Gasteiger partial charge in [-0.3, -0.25) is 4.79 Å². The number of carbonyl (C=O) groups is 3. The van der Waals surface area contributed by atoms with E-state index in [1.54, 1.807) is 19.9 Å². The maximum Gasteiger partial charge on any atom is 0.334 e. The van der Waals surface area contributed by atoms with Gasteiger partial charge in [-0.25, -0.2) is 9.59 Å². The van der Waals surface area contributed by atoms with Gasteiger partial charge in [-0.2, -0.15) is 0 Å². The van der Waals surface area contributed by atoms with Gasteiger partial charge in [-0.15, -0.1) is 0 Å². The maximum absolute atomic E-state index is 12.3. The molecule has 4 atom stereocenters. The number of aliphatic hydroxyl groups is 1. The molecule has 0 aromatic carbocycles. The predicted octanol–water partition coefficient (Wildman–Crippen LogP) is 2.55. The van der Waals surface area contributed by atoms with Gasteiger partial charge in [0.05, 0.1) is 12.5 Å². The van der Waals surface area contributed by atoms with Crippen LogP contribution in [0.1, 0.15) is 40.5 Å². The van der Waals surface area contributed by atoms with Gasteiger partial charge in [0.1, 0.15) is 18.3 Å². The van der Waals surface area contributed by atoms with Gasteiger partial charge in [0.2, 0.25) is 0 Å². The highest BCUT2D eigenvalue weighted by Gasteiger charge is 2.44. The van der Waals surface area contributed by atoms with E-state index in [0.29, 0.717) is 18.4 Å². The summed E-state index contributed by atoms with van der Waals surface area (Å²) in [5.41, 5.74) is 2.36. The normalized spacial score (nSPS) is 28.0. The lowest BCUT2D eigenvalue weighted by molar-refractivity contribution is -0.147. The van der Waals surface area contributed by atoms with Crippen molar-refractivity contribution in [2.75, 3.05) is 6.61 Å². The van der Waals surface area contributed by atoms with E-state index in [9.17, 15) is 14.4 Å². The zero-order valence-electron chi connectivity index (χ0n) is 17.3. The first kappa shape index (κ1) is 22.6. The highest BCUT2D eigenvalue weighted by atomic mass is 16.6. The van der Waals surface area contributed by atoms with Crippen LogP contribution in [0.2, 0.25) is 0 Å². The third-order valence-electron chi connectivity index (χ3n) is 4.99. The van der Waals surface area contributed by atoms with Crippen molar-refractivity contribution in [3.05, 3.63) is 47.1 Å². The van der Waals surface area contributed by atoms with Crippen LogP contribution in [0.3, 0.4) is 0 Å². The molecule has 0 aromatic rings. The van der Waals surface area contributed by atoms with Crippen molar-refractivity contribution < 1.29 is 33.7 Å². The first-order chi connectivity index (χ1) is 13.6. The second-order valence-corrected chi connectivity index (χ2v) is 7.54. The molecule has 1 heterocycles. The first-order valence-corrected chi connectivity index (χ1v) is 9.52. The van der Waals surface area contributed by atoms with E-state index in [2.05, 4.69) is 6.58 Å². The number of carbonyl (C=O) groups excluding carboxylic acids is 3. The highest BCUT2D eigenvalue weighted by Crippen LogP contribution is 2.36. The Morgan fingerprint density at radius 3 is 2.62 bits per heavy atom. The van der Waals surface area contributed by atoms with Gasteiger partial charge >= 0.3 is 17.9 Å². The molecule has 7 heteroatoms. The summed E-state index contributed by atoms with van der Waals surface area (Å²) in [7, 11) is 0. The van der Waals surface area contributed by atoms with Crippen LogP contribution in [0.4, 0.5) is 0 Å². The lowest BCUT2D eigenvalue weighted by atomic mass is 9.85. The number of hydrogen-bond acceptors (Lipinski definition) is 7. The molecule has 4 unspecified atom stereocenters. The van der Waals surface area contributed by atoms with Crippen LogP contribution in [0.15, 0.2) is 47.1 Å². The van der Waals surface area contributed by atoms with E-state index in [0.717, 1.165) is 11.1 Å². The molecule has 2 aliphatic rings. The molecule has 0 amide bonds. The number of hydrogen-bond donors (Lipinski definition) is 1. The lowest BCUT2D eigenvalue weighted by Crippen LogP contribution is -2.34. The fourth-order valence-electron chi connectivity index (χ4n) is 3.46. The fourth-order valence-corrected chi connectivity index (χ4v) is 3.46. The third-order valence-corrected chi connectivity index (χ3v) is 4.99. The lowest BCUT2D eigenvalue weighted by Gasteiger charge is -2.28. The third kappa shape index (κ3) is 5.90. The van der Waals surface area contributed by atoms with Gasteiger partial charge in [-0.1, -0.05) is 18.2 Å². The second kappa shape index (κ2) is 9.69. The molecule has 0 saturated carbocycles. The number of ether oxygens (including phenoxy) is 3. The van der Waals surface area contributed by atoms with Crippen molar-refractivity contribution in [3.8, 4) is 0 Å². The molecule has 7 nitrogen and oxygen atoms in total. The molecule has 0 spiro atoms. The summed E-state index contributed by atoms with van der Waals surface area (Å²) in [6.07, 6.45) is 3.91. The van der Waals surface area contributed by atoms with E-state index >= 15 is 0 Å². The molecule has 29 heavy (non-hydrogen) atoms. The van der Waals surface area contributed by atoms with Crippen molar-refractivity contribution in [2.24, 2.45) is 5.92 Å². The van der Waals surface area contributed by atoms with E-state index in [-0.39, 0.29) is 12.2 Å². The summed E-state index contributed by atoms with van der Waals surface area (Å²) in [5, 5.41) is 9.12. The molecular formula is C22H28O7. The fraction of sp³-hybridized carbons (Fsp3) is 0.500. The molecule has 158 valence electrons. The van der Waals surface area contributed by atoms with E-state index in [1.807, 2.05) is 13.0 Å². The molecule has 1 aliphatic heterocycles. The number of rotatable bonds is 4. The summed E-state index contributed by atoms with van der Waals surface area (Å²) < 4.78 is 16.5. The first-order valence-electron chi connectivity index (χ1n) is 9.52. The van der Waals surface area contributed by atoms with Crippen LogP contribution in [0.25, 0.3) is 0 Å². The zero-order valence-corrected chi connectivity index (χ0v) is 17.3. The summed E-state index contributed by atoms with van der Waals surface area (Å²) in [6.45, 7) is 10.2. The number of esters is 3. The molecule has 1 fully saturated rings. The summed E-state index contributed by atoms with van der Waals surface area (Å²) in [5.74, 6) is -2.11. The second-order valence-electron chi connectivity index (χ2n) is 7.54. The average Bonchev–Trinajstić information content (AvgIpc) is 2.90. The maximum atomic E-state index is 12.3. The minimum atomic E-state index is -0.681. The minimum absolute atomic E-state index is 0.233. The van der Waals surface area contributed by atoms with Gasteiger partial charge in [-0.05, 0) is 38.0 Å². The quantitative estimate of drug-likeness (QED) is 0.333. The van der Waals surface area contributed by atoms with Crippen LogP contribution >= 0.6 is 0 Å². The number of fused-ring (bicyclic) bond motifs is 1. The monoisotopic (exact) mass is 404 g/mol. The van der Waals surface area contributed by atoms with Crippen LogP contribution in [0.5, 0.6) is 0 Å². The van der Waals surface area contributed by atoms with Crippen molar-refractivity contribution in [1.82, 2.24) is 0 Å². The van der Waals surface area contributed by atoms with Gasteiger partial charge in [0.25, 0.3) is 0 Å². The van der Waals surface area contributed by atoms with Crippen molar-refractivity contribution >= 4 is 17.9 Å². The molecule has 1 saturated heterocycles. The zero-order chi connectivity index (χ0) is 21.7. The van der Waals surface area contributed by atoms with Crippen molar-refractivity contribution in [2.45, 2.75) is 58.8 Å². The van der Waals surface area contributed by atoms with Gasteiger partial charge in [0, 0.05) is 31.4 Å². The molecule has 2 rings (SSSR count). The molecule has 1 aliphatic carbocycles. The highest BCUT2D eigenvalue weighted by molar-refractivity contribution is 5.91. The Hall–Kier alpha value is -2.67. The Morgan fingerprint density at radius 2 is 2.00 bits per heavy atom. The van der Waals surface area contributed by atoms with Gasteiger partial charge in [0.15, 0.2) is 0 Å². The summed E-state index contributed by atoms with van der Waals surface area (Å²) >= 11 is 0. The van der Waals surface area contributed by atoms with Crippen LogP contribution < -0.4 is 0 Å². The Bertz CT molecular complexity index is 787. The topological polar surface area (TPSA) is 99.1 Å². The Balaban J connectivity index is 2.40. The molecule has 0 bridgehead atoms. The minimum Gasteiger partial charge on any atom is -0.458 e. The Morgan fingerprint density at radius 1 is 1.31 bits per heavy atom. The smallest absolute Gasteiger partial charge is 0.334 e. The molecule has 0 aromatic heterocycles. The van der Waals surface area contributed by atoms with Crippen LogP contribution in [-0.2, 0) is 28.6 Å². The van der Waals surface area contributed by atoms with E-state index < -0.39 is 42.1 Å². The van der Waals surface area contributed by atoms with E-state index in [4.69, 9.17) is 19.3 Å². The predicted molar refractivity (Wildman–Crippen MR) is 106 cm³/mol. The molecule has 0 radical (unpaired) electrons. The SMILES string of the molecule is C=C1C(=O)OC2C=C(C)C(OC(C)=O)CC=C(C)CC(OC(=O)C=C(C)CO)C12. The summed E-state index contributed by atoms with van der Waals surface area (Å²) in [4.78, 5) is 36.0.